The van der Waals surface area contributed by atoms with Gasteiger partial charge in [0.25, 0.3) is 0 Å². The van der Waals surface area contributed by atoms with Crippen LogP contribution in [0.2, 0.25) is 0 Å². The van der Waals surface area contributed by atoms with Gasteiger partial charge in [-0.25, -0.2) is 4.79 Å². The Balaban J connectivity index is 2.58. The molecular weight excluding hydrogens is 356 g/mol. The monoisotopic (exact) mass is 392 g/mol. The molecule has 2 N–H and O–H groups in total. The molecular formula is C23H36O5. The number of rotatable bonds is 4. The first kappa shape index (κ1) is 22.8. The highest BCUT2D eigenvalue weighted by Crippen LogP contribution is 2.63. The van der Waals surface area contributed by atoms with Crippen LogP contribution in [0.15, 0.2) is 23.8 Å². The van der Waals surface area contributed by atoms with E-state index in [4.69, 9.17) is 4.74 Å². The van der Waals surface area contributed by atoms with Gasteiger partial charge in [0.05, 0.1) is 5.60 Å². The number of hydrogen-bond acceptors (Lipinski definition) is 5. The minimum atomic E-state index is -1.53. The van der Waals surface area contributed by atoms with E-state index in [0.29, 0.717) is 0 Å². The van der Waals surface area contributed by atoms with Crippen molar-refractivity contribution in [2.45, 2.75) is 85.5 Å². The summed E-state index contributed by atoms with van der Waals surface area (Å²) in [4.78, 5) is 24.0. The van der Waals surface area contributed by atoms with Crippen LogP contribution < -0.4 is 0 Å². The number of esters is 1. The molecule has 0 radical (unpaired) electrons. The van der Waals surface area contributed by atoms with Crippen LogP contribution in [-0.4, -0.2) is 39.8 Å². The fourth-order valence-electron chi connectivity index (χ4n) is 5.85. The summed E-state index contributed by atoms with van der Waals surface area (Å²) < 4.78 is 5.78. The first-order chi connectivity index (χ1) is 12.7. The molecule has 28 heavy (non-hydrogen) atoms. The smallest absolute Gasteiger partial charge is 0.331 e. The Labute approximate surface area is 168 Å². The van der Waals surface area contributed by atoms with Gasteiger partial charge in [-0.3, -0.25) is 4.79 Å². The Morgan fingerprint density at radius 3 is 2.21 bits per heavy atom. The number of carbonyl (C=O) groups is 2. The van der Waals surface area contributed by atoms with Crippen molar-refractivity contribution in [3.8, 4) is 0 Å². The molecule has 6 atom stereocenters. The molecule has 2 aliphatic rings. The van der Waals surface area contributed by atoms with Crippen molar-refractivity contribution < 1.29 is 24.5 Å². The van der Waals surface area contributed by atoms with Crippen molar-refractivity contribution in [3.05, 3.63) is 23.8 Å². The first-order valence-corrected chi connectivity index (χ1v) is 10.2. The molecule has 0 spiro atoms. The molecule has 0 saturated heterocycles. The van der Waals surface area contributed by atoms with Crippen LogP contribution in [0.5, 0.6) is 0 Å². The zero-order valence-corrected chi connectivity index (χ0v) is 18.3. The Bertz CT molecular complexity index is 683. The molecule has 5 nitrogen and oxygen atoms in total. The lowest BCUT2D eigenvalue weighted by molar-refractivity contribution is -0.260. The fourth-order valence-corrected chi connectivity index (χ4v) is 5.85. The van der Waals surface area contributed by atoms with Gasteiger partial charge in [-0.2, -0.15) is 0 Å². The summed E-state index contributed by atoms with van der Waals surface area (Å²) in [5.74, 6) is -1.18. The highest BCUT2D eigenvalue weighted by Gasteiger charge is 2.65. The maximum Gasteiger partial charge on any atom is 0.331 e. The van der Waals surface area contributed by atoms with E-state index in [1.807, 2.05) is 13.8 Å². The van der Waals surface area contributed by atoms with Crippen molar-refractivity contribution in [3.63, 3.8) is 0 Å². The standard InChI is InChI=1S/C23H36O5/c1-14(2)13-17(25)28-18-19-21(4,5)11-8-12-22(19,6)16(10-9-15(3)24)23(7,27)20(18)26/h9-10,13,16,18-20,26-27H,8,11-12H2,1-7H3/b10-9+/t16-,18-,19+,20+,22-,23+/m1/s1. The summed E-state index contributed by atoms with van der Waals surface area (Å²) >= 11 is 0. The number of ketones is 1. The zero-order valence-electron chi connectivity index (χ0n) is 18.3. The van der Waals surface area contributed by atoms with Gasteiger partial charge in [-0.1, -0.05) is 38.8 Å². The van der Waals surface area contributed by atoms with Gasteiger partial charge in [-0.15, -0.1) is 0 Å². The number of hydrogen-bond donors (Lipinski definition) is 2. The molecule has 0 aromatic heterocycles. The van der Waals surface area contributed by atoms with Gasteiger partial charge in [0.1, 0.15) is 12.2 Å². The predicted octanol–water partition coefficient (Wildman–Crippen LogP) is 3.58. The number of aliphatic hydroxyl groups excluding tert-OH is 1. The van der Waals surface area contributed by atoms with E-state index in [0.717, 1.165) is 24.8 Å². The lowest BCUT2D eigenvalue weighted by atomic mass is 9.44. The molecule has 0 unspecified atom stereocenters. The van der Waals surface area contributed by atoms with E-state index in [2.05, 4.69) is 20.8 Å². The molecule has 5 heteroatoms. The largest absolute Gasteiger partial charge is 0.456 e. The van der Waals surface area contributed by atoms with E-state index >= 15 is 0 Å². The number of ether oxygens (including phenoxy) is 1. The molecule has 2 saturated carbocycles. The first-order valence-electron chi connectivity index (χ1n) is 10.2. The average molecular weight is 393 g/mol. The Morgan fingerprint density at radius 2 is 1.68 bits per heavy atom. The summed E-state index contributed by atoms with van der Waals surface area (Å²) in [7, 11) is 0. The molecule has 0 heterocycles. The summed E-state index contributed by atoms with van der Waals surface area (Å²) in [6.45, 7) is 13.0. The summed E-state index contributed by atoms with van der Waals surface area (Å²) in [6.07, 6.45) is 5.32. The Kier molecular flexibility index (Phi) is 6.32. The second-order valence-electron chi connectivity index (χ2n) is 10.1. The van der Waals surface area contributed by atoms with Crippen molar-refractivity contribution in [1.82, 2.24) is 0 Å². The quantitative estimate of drug-likeness (QED) is 0.564. The topological polar surface area (TPSA) is 83.8 Å². The van der Waals surface area contributed by atoms with Gasteiger partial charge in [-0.05, 0) is 57.4 Å². The molecule has 2 fully saturated rings. The highest BCUT2D eigenvalue weighted by molar-refractivity contribution is 5.87. The summed E-state index contributed by atoms with van der Waals surface area (Å²) in [6, 6.07) is 0. The molecule has 2 rings (SSSR count). The van der Waals surface area contributed by atoms with Crippen molar-refractivity contribution >= 4 is 11.8 Å². The molecule has 2 aliphatic carbocycles. The SMILES string of the molecule is CC(=O)/C=C/[C@H]1[C@](C)(O)[C@@H](O)[C@H](OC(=O)C=C(C)C)[C@H]2C(C)(C)CCC[C@@]21C. The second kappa shape index (κ2) is 7.75. The third-order valence-corrected chi connectivity index (χ3v) is 6.85. The normalized spacial score (nSPS) is 39.9. The summed E-state index contributed by atoms with van der Waals surface area (Å²) in [5, 5.41) is 22.5. The van der Waals surface area contributed by atoms with Crippen molar-refractivity contribution in [2.75, 3.05) is 0 Å². The van der Waals surface area contributed by atoms with Crippen molar-refractivity contribution in [1.29, 1.82) is 0 Å². The van der Waals surface area contributed by atoms with E-state index in [9.17, 15) is 19.8 Å². The van der Waals surface area contributed by atoms with Gasteiger partial charge >= 0.3 is 5.97 Å². The van der Waals surface area contributed by atoms with E-state index < -0.39 is 35.1 Å². The lowest BCUT2D eigenvalue weighted by Gasteiger charge is -2.63. The molecule has 0 aliphatic heterocycles. The number of allylic oxidation sites excluding steroid dienone is 2. The van der Waals surface area contributed by atoms with E-state index in [-0.39, 0.29) is 17.1 Å². The minimum absolute atomic E-state index is 0.0994. The highest BCUT2D eigenvalue weighted by atomic mass is 16.6. The number of aliphatic hydroxyl groups is 2. The third kappa shape index (κ3) is 4.11. The molecule has 0 aromatic rings. The van der Waals surface area contributed by atoms with E-state index in [1.54, 1.807) is 13.0 Å². The number of carbonyl (C=O) groups excluding carboxylic acids is 2. The van der Waals surface area contributed by atoms with Gasteiger partial charge in [0, 0.05) is 17.9 Å². The summed E-state index contributed by atoms with van der Waals surface area (Å²) in [5.41, 5.74) is -1.33. The predicted molar refractivity (Wildman–Crippen MR) is 108 cm³/mol. The van der Waals surface area contributed by atoms with Crippen LogP contribution in [-0.2, 0) is 14.3 Å². The third-order valence-electron chi connectivity index (χ3n) is 6.85. The van der Waals surface area contributed by atoms with E-state index in [1.165, 1.54) is 19.1 Å². The maximum atomic E-state index is 12.4. The lowest BCUT2D eigenvalue weighted by Crippen LogP contribution is -2.70. The molecule has 0 amide bonds. The Morgan fingerprint density at radius 1 is 1.07 bits per heavy atom. The minimum Gasteiger partial charge on any atom is -0.456 e. The Hall–Kier alpha value is -1.46. The van der Waals surface area contributed by atoms with Gasteiger partial charge < -0.3 is 14.9 Å². The van der Waals surface area contributed by atoms with Gasteiger partial charge in [0.2, 0.25) is 0 Å². The zero-order chi connectivity index (χ0) is 21.5. The van der Waals surface area contributed by atoms with Crippen LogP contribution in [0.25, 0.3) is 0 Å². The van der Waals surface area contributed by atoms with Crippen LogP contribution in [0.1, 0.15) is 67.7 Å². The van der Waals surface area contributed by atoms with Gasteiger partial charge in [0.15, 0.2) is 5.78 Å². The van der Waals surface area contributed by atoms with Crippen molar-refractivity contribution in [2.24, 2.45) is 22.7 Å². The van der Waals surface area contributed by atoms with Crippen LogP contribution in [0, 0.1) is 22.7 Å². The average Bonchev–Trinajstić information content (AvgIpc) is 2.49. The second-order valence-corrected chi connectivity index (χ2v) is 10.1. The van der Waals surface area contributed by atoms with Crippen LogP contribution in [0.4, 0.5) is 0 Å². The maximum absolute atomic E-state index is 12.4. The van der Waals surface area contributed by atoms with Crippen LogP contribution >= 0.6 is 0 Å². The molecule has 0 bridgehead atoms. The number of fused-ring (bicyclic) bond motifs is 1. The fraction of sp³-hybridized carbons (Fsp3) is 0.739. The molecule has 0 aromatic carbocycles. The molecule has 158 valence electrons. The van der Waals surface area contributed by atoms with Crippen LogP contribution in [0.3, 0.4) is 0 Å².